The number of hydrogen-bond donors (Lipinski definition) is 0. The topological polar surface area (TPSA) is 49.6 Å². The van der Waals surface area contributed by atoms with Crippen molar-refractivity contribution < 1.29 is 0 Å². The van der Waals surface area contributed by atoms with Crippen molar-refractivity contribution >= 4 is 0 Å². The molecule has 8 aromatic rings. The van der Waals surface area contributed by atoms with Gasteiger partial charge in [0, 0.05) is 22.1 Å². The molecule has 1 saturated carbocycles. The minimum absolute atomic E-state index is 0.0521. The number of rotatable bonds is 6. The molecule has 0 atom stereocenters. The lowest BCUT2D eigenvalue weighted by molar-refractivity contribution is 0.353. The molecule has 0 radical (unpaired) electrons. The number of nitrogens with zero attached hydrogens (tertiary/aromatic N) is 3. The highest BCUT2D eigenvalue weighted by atomic mass is 14.9. The second-order valence-electron chi connectivity index (χ2n) is 15.2. The van der Waals surface area contributed by atoms with Gasteiger partial charge in [-0.1, -0.05) is 165 Å². The second-order valence-corrected chi connectivity index (χ2v) is 15.2. The van der Waals surface area contributed by atoms with Gasteiger partial charge in [0.05, 0.1) is 23.0 Å². The standard InChI is InChI=1S/C53H39N3/c54-35-36-17-28-48-47(31-36)46-27-26-45(33-49(46)53(48)29-8-3-9-30-53)39-20-18-37(19-21-39)43-15-10-16-44(32-43)38-22-24-41(25-23-38)51-34-50(40-11-4-1-5-12-40)55-52(56-51)42-13-6-2-7-14-42/h1-2,4-7,10-28,31-34H,3,8-9,29-30H2. The molecule has 2 aliphatic rings. The Hall–Kier alpha value is -6.89. The van der Waals surface area contributed by atoms with Crippen molar-refractivity contribution in [3.05, 3.63) is 193 Å². The highest BCUT2D eigenvalue weighted by molar-refractivity contribution is 5.85. The summed E-state index contributed by atoms with van der Waals surface area (Å²) in [6.07, 6.45) is 6.13. The van der Waals surface area contributed by atoms with E-state index in [0.717, 1.165) is 45.0 Å². The van der Waals surface area contributed by atoms with Gasteiger partial charge in [-0.05, 0) is 98.8 Å². The van der Waals surface area contributed by atoms with Crippen molar-refractivity contribution in [3.8, 4) is 84.5 Å². The average Bonchev–Trinajstić information content (AvgIpc) is 3.54. The van der Waals surface area contributed by atoms with Crippen LogP contribution in [0.4, 0.5) is 0 Å². The zero-order chi connectivity index (χ0) is 37.5. The lowest BCUT2D eigenvalue weighted by Crippen LogP contribution is -2.28. The van der Waals surface area contributed by atoms with Gasteiger partial charge in [-0.15, -0.1) is 0 Å². The van der Waals surface area contributed by atoms with Gasteiger partial charge >= 0.3 is 0 Å². The van der Waals surface area contributed by atoms with Crippen LogP contribution >= 0.6 is 0 Å². The molecular formula is C53H39N3. The van der Waals surface area contributed by atoms with Crippen molar-refractivity contribution in [2.75, 3.05) is 0 Å². The molecule has 0 amide bonds. The molecule has 0 aliphatic heterocycles. The summed E-state index contributed by atoms with van der Waals surface area (Å²) in [7, 11) is 0. The Morgan fingerprint density at radius 1 is 0.393 bits per heavy atom. The predicted octanol–water partition coefficient (Wildman–Crippen LogP) is 13.6. The number of fused-ring (bicyclic) bond motifs is 5. The molecule has 3 heteroatoms. The number of aromatic nitrogens is 2. The van der Waals surface area contributed by atoms with Gasteiger partial charge in [-0.2, -0.15) is 5.26 Å². The minimum atomic E-state index is 0.0521. The maximum Gasteiger partial charge on any atom is 0.160 e. The van der Waals surface area contributed by atoms with Crippen LogP contribution in [0.2, 0.25) is 0 Å². The first-order valence-electron chi connectivity index (χ1n) is 19.7. The average molecular weight is 718 g/mol. The number of nitriles is 1. The summed E-state index contributed by atoms with van der Waals surface area (Å²) in [6, 6.07) is 64.8. The van der Waals surface area contributed by atoms with Crippen LogP contribution in [0.5, 0.6) is 0 Å². The monoisotopic (exact) mass is 717 g/mol. The van der Waals surface area contributed by atoms with E-state index >= 15 is 0 Å². The normalized spacial score (nSPS) is 13.8. The Morgan fingerprint density at radius 2 is 0.911 bits per heavy atom. The van der Waals surface area contributed by atoms with E-state index in [4.69, 9.17) is 9.97 Å². The van der Waals surface area contributed by atoms with Crippen LogP contribution < -0.4 is 0 Å². The maximum absolute atomic E-state index is 9.66. The third-order valence-electron chi connectivity index (χ3n) is 12.0. The Balaban J connectivity index is 0.928. The van der Waals surface area contributed by atoms with E-state index < -0.39 is 0 Å². The van der Waals surface area contributed by atoms with Crippen LogP contribution in [0.1, 0.15) is 48.8 Å². The predicted molar refractivity (Wildman–Crippen MR) is 229 cm³/mol. The minimum Gasteiger partial charge on any atom is -0.228 e. The lowest BCUT2D eigenvalue weighted by Gasteiger charge is -2.36. The van der Waals surface area contributed by atoms with Crippen molar-refractivity contribution in [3.63, 3.8) is 0 Å². The number of hydrogen-bond acceptors (Lipinski definition) is 3. The SMILES string of the molecule is N#Cc1ccc2c(c1)-c1ccc(-c3ccc(-c4cccc(-c5ccc(-c6cc(-c7ccccc7)nc(-c7ccccc7)n6)cc5)c4)cc3)cc1C21CCCCC1. The molecule has 1 heterocycles. The fourth-order valence-electron chi connectivity index (χ4n) is 9.08. The van der Waals surface area contributed by atoms with Crippen molar-refractivity contribution in [1.29, 1.82) is 5.26 Å². The zero-order valence-electron chi connectivity index (χ0n) is 31.1. The first-order chi connectivity index (χ1) is 27.6. The largest absolute Gasteiger partial charge is 0.228 e. The zero-order valence-corrected chi connectivity index (χ0v) is 31.1. The maximum atomic E-state index is 9.66. The Bertz CT molecular complexity index is 2700. The molecule has 1 fully saturated rings. The molecule has 0 N–H and O–H groups in total. The molecule has 3 nitrogen and oxygen atoms in total. The van der Waals surface area contributed by atoms with E-state index in [0.29, 0.717) is 0 Å². The summed E-state index contributed by atoms with van der Waals surface area (Å²) in [6.45, 7) is 0. The first-order valence-corrected chi connectivity index (χ1v) is 19.7. The van der Waals surface area contributed by atoms with E-state index in [9.17, 15) is 5.26 Å². The van der Waals surface area contributed by atoms with Gasteiger partial charge in [-0.3, -0.25) is 0 Å². The summed E-state index contributed by atoms with van der Waals surface area (Å²) in [5.41, 5.74) is 18.3. The van der Waals surface area contributed by atoms with Gasteiger partial charge in [0.2, 0.25) is 0 Å². The van der Waals surface area contributed by atoms with Crippen LogP contribution in [0.3, 0.4) is 0 Å². The molecular weight excluding hydrogens is 679 g/mol. The Morgan fingerprint density at radius 3 is 1.52 bits per heavy atom. The molecule has 0 unspecified atom stereocenters. The van der Waals surface area contributed by atoms with Gasteiger partial charge < -0.3 is 0 Å². The van der Waals surface area contributed by atoms with E-state index in [-0.39, 0.29) is 5.41 Å². The van der Waals surface area contributed by atoms with E-state index in [1.165, 1.54) is 82.2 Å². The van der Waals surface area contributed by atoms with Crippen molar-refractivity contribution in [2.24, 2.45) is 0 Å². The van der Waals surface area contributed by atoms with Gasteiger partial charge in [0.1, 0.15) is 0 Å². The third-order valence-corrected chi connectivity index (χ3v) is 12.0. The van der Waals surface area contributed by atoms with Crippen molar-refractivity contribution in [1.82, 2.24) is 9.97 Å². The first kappa shape index (κ1) is 33.7. The second kappa shape index (κ2) is 14.1. The lowest BCUT2D eigenvalue weighted by atomic mass is 9.67. The highest BCUT2D eigenvalue weighted by Gasteiger charge is 2.43. The molecule has 266 valence electrons. The Kier molecular flexibility index (Phi) is 8.46. The van der Waals surface area contributed by atoms with Gasteiger partial charge in [-0.25, -0.2) is 9.97 Å². The summed E-state index contributed by atoms with van der Waals surface area (Å²) in [5, 5.41) is 9.66. The Labute approximate surface area is 328 Å². The fourth-order valence-corrected chi connectivity index (χ4v) is 9.08. The van der Waals surface area contributed by atoms with Crippen LogP contribution in [0.25, 0.3) is 78.4 Å². The summed E-state index contributed by atoms with van der Waals surface area (Å²) in [4.78, 5) is 9.97. The molecule has 56 heavy (non-hydrogen) atoms. The molecule has 2 aliphatic carbocycles. The van der Waals surface area contributed by atoms with Gasteiger partial charge in [0.25, 0.3) is 0 Å². The van der Waals surface area contributed by atoms with Crippen LogP contribution in [-0.4, -0.2) is 9.97 Å². The summed E-state index contributed by atoms with van der Waals surface area (Å²) >= 11 is 0. The van der Waals surface area contributed by atoms with Crippen LogP contribution in [-0.2, 0) is 5.41 Å². The smallest absolute Gasteiger partial charge is 0.160 e. The van der Waals surface area contributed by atoms with E-state index in [1.54, 1.807) is 0 Å². The van der Waals surface area contributed by atoms with Crippen LogP contribution in [0, 0.1) is 11.3 Å². The molecule has 0 bridgehead atoms. The molecule has 10 rings (SSSR count). The molecule has 1 aromatic heterocycles. The molecule has 7 aromatic carbocycles. The summed E-state index contributed by atoms with van der Waals surface area (Å²) in [5.74, 6) is 0.717. The quantitative estimate of drug-likeness (QED) is 0.172. The van der Waals surface area contributed by atoms with Gasteiger partial charge in [0.15, 0.2) is 5.82 Å². The highest BCUT2D eigenvalue weighted by Crippen LogP contribution is 2.56. The fraction of sp³-hybridized carbons (Fsp3) is 0.113. The summed E-state index contributed by atoms with van der Waals surface area (Å²) < 4.78 is 0. The van der Waals surface area contributed by atoms with Crippen LogP contribution in [0.15, 0.2) is 176 Å². The van der Waals surface area contributed by atoms with E-state index in [2.05, 4.69) is 140 Å². The molecule has 0 saturated heterocycles. The van der Waals surface area contributed by atoms with Crippen molar-refractivity contribution in [2.45, 2.75) is 37.5 Å². The van der Waals surface area contributed by atoms with E-state index in [1.807, 2.05) is 42.5 Å². The number of benzene rings is 7. The third kappa shape index (κ3) is 6.01. The molecule has 1 spiro atoms.